The number of carbonyl (C=O) groups is 1. The first-order valence-electron chi connectivity index (χ1n) is 9.85. The van der Waals surface area contributed by atoms with Crippen LogP contribution in [0.25, 0.3) is 0 Å². The number of nitrogens with zero attached hydrogens (tertiary/aromatic N) is 3. The number of amidine groups is 1. The first-order chi connectivity index (χ1) is 13.2. The molecule has 5 nitrogen and oxygen atoms in total. The van der Waals surface area contributed by atoms with Crippen LogP contribution in [0.5, 0.6) is 0 Å². The Labute approximate surface area is 178 Å². The summed E-state index contributed by atoms with van der Waals surface area (Å²) >= 11 is 1.78. The van der Waals surface area contributed by atoms with Crippen LogP contribution in [0.4, 0.5) is 5.69 Å². The second kappa shape index (κ2) is 11.3. The van der Waals surface area contributed by atoms with Crippen LogP contribution in [0.1, 0.15) is 50.5 Å². The number of rotatable bonds is 5. The van der Waals surface area contributed by atoms with E-state index in [4.69, 9.17) is 10.3 Å². The number of aliphatic imine (C=N–C) groups is 1. The lowest BCUT2D eigenvalue weighted by atomic mass is 10.1. The maximum atomic E-state index is 12.4. The second-order valence-electron chi connectivity index (χ2n) is 7.42. The number of benzene rings is 1. The molecule has 3 rings (SSSR count). The van der Waals surface area contributed by atoms with Gasteiger partial charge in [0, 0.05) is 31.0 Å². The molecule has 28 heavy (non-hydrogen) atoms. The zero-order valence-corrected chi connectivity index (χ0v) is 18.0. The van der Waals surface area contributed by atoms with Crippen molar-refractivity contribution in [1.82, 2.24) is 4.90 Å². The Balaban J connectivity index is 0.00000280. The van der Waals surface area contributed by atoms with E-state index < -0.39 is 0 Å². The Kier molecular flexibility index (Phi) is 9.14. The molecule has 152 valence electrons. The molecule has 0 spiro atoms. The number of thioether (sulfide) groups is 1. The molecule has 1 aliphatic carbocycles. The maximum Gasteiger partial charge on any atom is 0.226 e. The van der Waals surface area contributed by atoms with E-state index >= 15 is 0 Å². The van der Waals surface area contributed by atoms with Gasteiger partial charge in [-0.3, -0.25) is 9.79 Å². The van der Waals surface area contributed by atoms with Gasteiger partial charge in [0.05, 0.1) is 18.5 Å². The van der Waals surface area contributed by atoms with Crippen molar-refractivity contribution in [3.63, 3.8) is 0 Å². The Morgan fingerprint density at radius 2 is 1.93 bits per heavy atom. The highest BCUT2D eigenvalue weighted by molar-refractivity contribution is 8.14. The van der Waals surface area contributed by atoms with Gasteiger partial charge in [-0.1, -0.05) is 49.6 Å². The molecule has 0 radical (unpaired) electrons. The van der Waals surface area contributed by atoms with Gasteiger partial charge in [0.1, 0.15) is 0 Å². The highest BCUT2D eigenvalue weighted by Crippen LogP contribution is 2.28. The van der Waals surface area contributed by atoms with Gasteiger partial charge in [-0.15, -0.1) is 12.4 Å². The Morgan fingerprint density at radius 1 is 1.25 bits per heavy atom. The number of amides is 1. The predicted molar refractivity (Wildman–Crippen MR) is 119 cm³/mol. The Hall–Kier alpha value is -1.71. The van der Waals surface area contributed by atoms with E-state index in [-0.39, 0.29) is 24.4 Å². The summed E-state index contributed by atoms with van der Waals surface area (Å²) in [6, 6.07) is 10.3. The smallest absolute Gasteiger partial charge is 0.226 e. The number of carbonyl (C=O) groups excluding carboxylic acids is 1. The normalized spacial score (nSPS) is 21.6. The molecule has 0 aromatic heterocycles. The molecule has 1 saturated heterocycles. The van der Waals surface area contributed by atoms with Gasteiger partial charge in [0.15, 0.2) is 5.17 Å². The van der Waals surface area contributed by atoms with E-state index in [1.54, 1.807) is 11.8 Å². The summed E-state index contributed by atoms with van der Waals surface area (Å²) in [5, 5.41) is 12.8. The summed E-state index contributed by atoms with van der Waals surface area (Å²) in [4.78, 5) is 19.6. The third-order valence-corrected chi connectivity index (χ3v) is 6.52. The van der Waals surface area contributed by atoms with Crippen molar-refractivity contribution >= 4 is 40.9 Å². The van der Waals surface area contributed by atoms with E-state index in [0.29, 0.717) is 18.9 Å². The molecule has 7 heteroatoms. The van der Waals surface area contributed by atoms with Crippen molar-refractivity contribution in [2.24, 2.45) is 4.99 Å². The molecule has 1 unspecified atom stereocenters. The minimum Gasteiger partial charge on any atom is -0.350 e. The van der Waals surface area contributed by atoms with Gasteiger partial charge >= 0.3 is 0 Å². The standard InChI is InChI=1S/C21H28N4OS.ClH/c1-25-19(15-27-21(25)24-17-6-4-2-3-5-7-17)14-20(26)23-18-10-8-16(9-11-18)12-13-22;/h8-11,17,19H,2-7,12,14-15H2,1H3,(H,23,26);1H. The van der Waals surface area contributed by atoms with Crippen LogP contribution >= 0.6 is 24.2 Å². The minimum absolute atomic E-state index is 0. The molecule has 1 saturated carbocycles. The van der Waals surface area contributed by atoms with Gasteiger partial charge in [-0.05, 0) is 30.5 Å². The summed E-state index contributed by atoms with van der Waals surface area (Å²) in [6.07, 6.45) is 8.50. The third-order valence-electron chi connectivity index (χ3n) is 5.31. The van der Waals surface area contributed by atoms with Crippen LogP contribution in [0.2, 0.25) is 0 Å². The lowest BCUT2D eigenvalue weighted by Crippen LogP contribution is -2.34. The van der Waals surface area contributed by atoms with Gasteiger partial charge < -0.3 is 10.2 Å². The molecule has 1 aromatic carbocycles. The molecule has 1 atom stereocenters. The molecular weight excluding hydrogens is 392 g/mol. The van der Waals surface area contributed by atoms with Gasteiger partial charge in [-0.2, -0.15) is 5.26 Å². The van der Waals surface area contributed by atoms with Crippen LogP contribution in [0, 0.1) is 11.3 Å². The fraction of sp³-hybridized carbons (Fsp3) is 0.571. The third kappa shape index (κ3) is 6.42. The number of hydrogen-bond acceptors (Lipinski definition) is 4. The van der Waals surface area contributed by atoms with E-state index in [1.807, 2.05) is 24.3 Å². The largest absolute Gasteiger partial charge is 0.350 e. The van der Waals surface area contributed by atoms with E-state index in [0.717, 1.165) is 22.2 Å². The van der Waals surface area contributed by atoms with Crippen LogP contribution in [-0.2, 0) is 11.2 Å². The lowest BCUT2D eigenvalue weighted by Gasteiger charge is -2.21. The van der Waals surface area contributed by atoms with Crippen molar-refractivity contribution in [1.29, 1.82) is 5.26 Å². The minimum atomic E-state index is 0. The number of nitriles is 1. The van der Waals surface area contributed by atoms with Gasteiger partial charge in [0.25, 0.3) is 0 Å². The Bertz CT molecular complexity index is 708. The molecule has 2 aliphatic rings. The van der Waals surface area contributed by atoms with Crippen molar-refractivity contribution in [2.75, 3.05) is 18.1 Å². The number of halogens is 1. The molecule has 1 aromatic rings. The van der Waals surface area contributed by atoms with Gasteiger partial charge in [-0.25, -0.2) is 0 Å². The molecule has 1 aliphatic heterocycles. The predicted octanol–water partition coefficient (Wildman–Crippen LogP) is 4.63. The molecule has 1 N–H and O–H groups in total. The van der Waals surface area contributed by atoms with Crippen LogP contribution in [0.15, 0.2) is 29.3 Å². The number of hydrogen-bond donors (Lipinski definition) is 1. The first kappa shape index (κ1) is 22.6. The first-order valence-corrected chi connectivity index (χ1v) is 10.8. The summed E-state index contributed by atoms with van der Waals surface area (Å²) in [6.45, 7) is 0. The van der Waals surface area contributed by atoms with E-state index in [1.165, 1.54) is 38.5 Å². The fourth-order valence-corrected chi connectivity index (χ4v) is 4.89. The van der Waals surface area contributed by atoms with Gasteiger partial charge in [0.2, 0.25) is 5.91 Å². The molecule has 0 bridgehead atoms. The molecule has 2 fully saturated rings. The monoisotopic (exact) mass is 420 g/mol. The quantitative estimate of drug-likeness (QED) is 0.705. The average Bonchev–Trinajstić information content (AvgIpc) is 2.86. The summed E-state index contributed by atoms with van der Waals surface area (Å²) in [7, 11) is 2.06. The zero-order valence-electron chi connectivity index (χ0n) is 16.4. The van der Waals surface area contributed by atoms with Crippen molar-refractivity contribution < 1.29 is 4.79 Å². The zero-order chi connectivity index (χ0) is 19.1. The van der Waals surface area contributed by atoms with Crippen LogP contribution in [0.3, 0.4) is 0 Å². The topological polar surface area (TPSA) is 68.5 Å². The van der Waals surface area contributed by atoms with E-state index in [2.05, 4.69) is 23.3 Å². The fourth-order valence-electron chi connectivity index (χ4n) is 3.63. The lowest BCUT2D eigenvalue weighted by molar-refractivity contribution is -0.116. The van der Waals surface area contributed by atoms with Crippen molar-refractivity contribution in [2.45, 2.75) is 63.5 Å². The summed E-state index contributed by atoms with van der Waals surface area (Å²) < 4.78 is 0. The van der Waals surface area contributed by atoms with Crippen molar-refractivity contribution in [3.8, 4) is 6.07 Å². The highest BCUT2D eigenvalue weighted by Gasteiger charge is 2.29. The van der Waals surface area contributed by atoms with Crippen LogP contribution < -0.4 is 5.32 Å². The van der Waals surface area contributed by atoms with E-state index in [9.17, 15) is 4.79 Å². The average molecular weight is 421 g/mol. The summed E-state index contributed by atoms with van der Waals surface area (Å²) in [5.41, 5.74) is 1.74. The second-order valence-corrected chi connectivity index (χ2v) is 8.40. The summed E-state index contributed by atoms with van der Waals surface area (Å²) in [5.74, 6) is 0.938. The maximum absolute atomic E-state index is 12.4. The van der Waals surface area contributed by atoms with Crippen molar-refractivity contribution in [3.05, 3.63) is 29.8 Å². The molecular formula is C21H29ClN4OS. The molecule has 1 heterocycles. The Morgan fingerprint density at radius 3 is 2.57 bits per heavy atom. The SMILES string of the molecule is CN1C(=NC2CCCCCC2)SCC1CC(=O)Nc1ccc(CC#N)cc1.Cl. The number of nitrogens with one attached hydrogen (secondary N) is 1. The number of anilines is 1. The van der Waals surface area contributed by atoms with Crippen LogP contribution in [-0.4, -0.2) is 40.9 Å². The molecule has 1 amide bonds. The highest BCUT2D eigenvalue weighted by atomic mass is 35.5.